The normalized spacial score (nSPS) is 33.1. The minimum atomic E-state index is 0.171. The maximum atomic E-state index is 11.1. The smallest absolute Gasteiger partial charge is 0.133 e. The van der Waals surface area contributed by atoms with E-state index in [0.29, 0.717) is 5.78 Å². The predicted octanol–water partition coefficient (Wildman–Crippen LogP) is 2.71. The number of Topliss-reactive ketones (excluding diaryl/α,β-unsaturated/α-hetero) is 1. The van der Waals surface area contributed by atoms with E-state index < -0.39 is 0 Å². The molecule has 0 amide bonds. The van der Waals surface area contributed by atoms with Crippen molar-refractivity contribution in [3.63, 3.8) is 0 Å². The Morgan fingerprint density at radius 2 is 2.27 bits per heavy atom. The zero-order valence-corrected chi connectivity index (χ0v) is 7.39. The highest BCUT2D eigenvalue weighted by molar-refractivity contribution is 5.80. The molecule has 1 aliphatic carbocycles. The van der Waals surface area contributed by atoms with Crippen LogP contribution in [0, 0.1) is 5.41 Å². The molecule has 1 aliphatic rings. The maximum absolute atomic E-state index is 11.1. The number of ketones is 1. The van der Waals surface area contributed by atoms with Gasteiger partial charge >= 0.3 is 0 Å². The zero-order chi connectivity index (χ0) is 8.32. The minimum Gasteiger partial charge on any atom is -0.300 e. The number of hydrogen-bond donors (Lipinski definition) is 0. The van der Waals surface area contributed by atoms with Gasteiger partial charge in [0.2, 0.25) is 0 Å². The number of rotatable bonds is 1. The van der Waals surface area contributed by atoms with Crippen molar-refractivity contribution in [3.8, 4) is 0 Å². The van der Waals surface area contributed by atoms with Crippen LogP contribution in [0.5, 0.6) is 0 Å². The molecule has 0 bridgehead atoms. The fourth-order valence-electron chi connectivity index (χ4n) is 1.86. The van der Waals surface area contributed by atoms with E-state index in [1.165, 1.54) is 6.42 Å². The topological polar surface area (TPSA) is 17.1 Å². The van der Waals surface area contributed by atoms with Gasteiger partial charge in [-0.3, -0.25) is 4.79 Å². The molecule has 1 nitrogen and oxygen atoms in total. The van der Waals surface area contributed by atoms with Crippen LogP contribution in [0.2, 0.25) is 0 Å². The van der Waals surface area contributed by atoms with Crippen LogP contribution in [-0.2, 0) is 4.79 Å². The number of hydrogen-bond acceptors (Lipinski definition) is 1. The Labute approximate surface area is 68.5 Å². The summed E-state index contributed by atoms with van der Waals surface area (Å²) in [5.74, 6) is 0.428. The molecular formula is C10H16O. The monoisotopic (exact) mass is 152 g/mol. The van der Waals surface area contributed by atoms with Crippen molar-refractivity contribution >= 4 is 5.78 Å². The summed E-state index contributed by atoms with van der Waals surface area (Å²) in [4.78, 5) is 11.1. The van der Waals surface area contributed by atoms with Crippen LogP contribution in [0.25, 0.3) is 0 Å². The summed E-state index contributed by atoms with van der Waals surface area (Å²) in [6.07, 6.45) is 8.01. The molecule has 0 aromatic carbocycles. The Kier molecular flexibility index (Phi) is 2.48. The van der Waals surface area contributed by atoms with Crippen molar-refractivity contribution in [1.82, 2.24) is 0 Å². The SMILES string of the molecule is CC=CC1(C)CCCC(=O)C1. The largest absolute Gasteiger partial charge is 0.300 e. The molecule has 1 fully saturated rings. The average molecular weight is 152 g/mol. The van der Waals surface area contributed by atoms with Gasteiger partial charge in [0.1, 0.15) is 5.78 Å². The minimum absolute atomic E-state index is 0.171. The Balaban J connectivity index is 2.62. The van der Waals surface area contributed by atoms with E-state index in [4.69, 9.17) is 0 Å². The van der Waals surface area contributed by atoms with E-state index in [9.17, 15) is 4.79 Å². The summed E-state index contributed by atoms with van der Waals surface area (Å²) in [7, 11) is 0. The third kappa shape index (κ3) is 2.18. The van der Waals surface area contributed by atoms with Crippen LogP contribution in [0.15, 0.2) is 12.2 Å². The summed E-state index contributed by atoms with van der Waals surface area (Å²) >= 11 is 0. The molecule has 0 saturated heterocycles. The van der Waals surface area contributed by atoms with Gasteiger partial charge in [-0.25, -0.2) is 0 Å². The molecule has 0 aromatic rings. The molecule has 62 valence electrons. The van der Waals surface area contributed by atoms with Crippen molar-refractivity contribution in [2.24, 2.45) is 5.41 Å². The first-order valence-corrected chi connectivity index (χ1v) is 4.32. The van der Waals surface area contributed by atoms with Crippen LogP contribution < -0.4 is 0 Å². The van der Waals surface area contributed by atoms with E-state index >= 15 is 0 Å². The molecule has 1 heteroatoms. The lowest BCUT2D eigenvalue weighted by molar-refractivity contribution is -0.122. The Morgan fingerprint density at radius 1 is 1.55 bits per heavy atom. The zero-order valence-electron chi connectivity index (χ0n) is 7.39. The molecule has 1 atom stereocenters. The highest BCUT2D eigenvalue weighted by Crippen LogP contribution is 2.34. The van der Waals surface area contributed by atoms with Gasteiger partial charge in [-0.05, 0) is 25.2 Å². The lowest BCUT2D eigenvalue weighted by Crippen LogP contribution is -2.23. The maximum Gasteiger partial charge on any atom is 0.133 e. The molecule has 0 aliphatic heterocycles. The lowest BCUT2D eigenvalue weighted by atomic mass is 9.75. The Morgan fingerprint density at radius 3 is 2.82 bits per heavy atom. The van der Waals surface area contributed by atoms with E-state index in [1.807, 2.05) is 6.92 Å². The molecule has 1 saturated carbocycles. The molecule has 1 unspecified atom stereocenters. The molecule has 0 spiro atoms. The molecule has 1 rings (SSSR count). The van der Waals surface area contributed by atoms with Gasteiger partial charge < -0.3 is 0 Å². The molecule has 0 N–H and O–H groups in total. The molecule has 0 aromatic heterocycles. The van der Waals surface area contributed by atoms with Crippen LogP contribution in [0.1, 0.15) is 39.5 Å². The third-order valence-corrected chi connectivity index (χ3v) is 2.37. The Bertz CT molecular complexity index is 181. The van der Waals surface area contributed by atoms with E-state index in [1.54, 1.807) is 0 Å². The van der Waals surface area contributed by atoms with Gasteiger partial charge in [0, 0.05) is 12.8 Å². The molecular weight excluding hydrogens is 136 g/mol. The van der Waals surface area contributed by atoms with Crippen LogP contribution in [0.4, 0.5) is 0 Å². The van der Waals surface area contributed by atoms with Crippen molar-refractivity contribution in [2.45, 2.75) is 39.5 Å². The van der Waals surface area contributed by atoms with Gasteiger partial charge in [-0.1, -0.05) is 19.1 Å². The van der Waals surface area contributed by atoms with Gasteiger partial charge in [0.15, 0.2) is 0 Å². The van der Waals surface area contributed by atoms with Crippen molar-refractivity contribution in [2.75, 3.05) is 0 Å². The highest BCUT2D eigenvalue weighted by Gasteiger charge is 2.27. The van der Waals surface area contributed by atoms with Gasteiger partial charge in [0.25, 0.3) is 0 Å². The second-order valence-electron chi connectivity index (χ2n) is 3.72. The van der Waals surface area contributed by atoms with Crippen LogP contribution in [-0.4, -0.2) is 5.78 Å². The first-order chi connectivity index (χ1) is 5.16. The first-order valence-electron chi connectivity index (χ1n) is 4.32. The summed E-state index contributed by atoms with van der Waals surface area (Å²) in [6.45, 7) is 4.19. The van der Waals surface area contributed by atoms with E-state index in [0.717, 1.165) is 19.3 Å². The van der Waals surface area contributed by atoms with Crippen molar-refractivity contribution in [1.29, 1.82) is 0 Å². The van der Waals surface area contributed by atoms with E-state index in [-0.39, 0.29) is 5.41 Å². The quantitative estimate of drug-likeness (QED) is 0.528. The fourth-order valence-corrected chi connectivity index (χ4v) is 1.86. The summed E-state index contributed by atoms with van der Waals surface area (Å²) in [6, 6.07) is 0. The standard InChI is InChI=1S/C10H16O/c1-3-6-10(2)7-4-5-9(11)8-10/h3,6H,4-5,7-8H2,1-2H3. The molecule has 0 radical (unpaired) electrons. The van der Waals surface area contributed by atoms with Crippen LogP contribution >= 0.6 is 0 Å². The van der Waals surface area contributed by atoms with Crippen molar-refractivity contribution < 1.29 is 4.79 Å². The van der Waals surface area contributed by atoms with Gasteiger partial charge in [-0.2, -0.15) is 0 Å². The second kappa shape index (κ2) is 3.21. The lowest BCUT2D eigenvalue weighted by Gasteiger charge is -2.29. The summed E-state index contributed by atoms with van der Waals surface area (Å²) in [5, 5.41) is 0. The van der Waals surface area contributed by atoms with E-state index in [2.05, 4.69) is 19.1 Å². The number of carbonyl (C=O) groups is 1. The number of carbonyl (C=O) groups excluding carboxylic acids is 1. The molecule has 0 heterocycles. The predicted molar refractivity (Wildman–Crippen MR) is 46.4 cm³/mol. The summed E-state index contributed by atoms with van der Waals surface area (Å²) in [5.41, 5.74) is 0.171. The summed E-state index contributed by atoms with van der Waals surface area (Å²) < 4.78 is 0. The fraction of sp³-hybridized carbons (Fsp3) is 0.700. The number of allylic oxidation sites excluding steroid dienone is 2. The first kappa shape index (κ1) is 8.51. The highest BCUT2D eigenvalue weighted by atomic mass is 16.1. The molecule has 11 heavy (non-hydrogen) atoms. The van der Waals surface area contributed by atoms with Crippen LogP contribution in [0.3, 0.4) is 0 Å². The van der Waals surface area contributed by atoms with Gasteiger partial charge in [0.05, 0.1) is 0 Å². The van der Waals surface area contributed by atoms with Gasteiger partial charge in [-0.15, -0.1) is 0 Å². The Hall–Kier alpha value is -0.590. The van der Waals surface area contributed by atoms with Crippen molar-refractivity contribution in [3.05, 3.63) is 12.2 Å². The third-order valence-electron chi connectivity index (χ3n) is 2.37. The second-order valence-corrected chi connectivity index (χ2v) is 3.72. The average Bonchev–Trinajstić information content (AvgIpc) is 1.86.